The van der Waals surface area contributed by atoms with E-state index < -0.39 is 29.1 Å². The van der Waals surface area contributed by atoms with Crippen LogP contribution in [0.2, 0.25) is 5.02 Å². The van der Waals surface area contributed by atoms with E-state index in [1.807, 2.05) is 6.92 Å². The zero-order chi connectivity index (χ0) is 23.5. The van der Waals surface area contributed by atoms with E-state index in [4.69, 9.17) is 16.3 Å². The first-order valence-corrected chi connectivity index (χ1v) is 11.0. The fourth-order valence-electron chi connectivity index (χ4n) is 2.59. The molecule has 0 N–H and O–H groups in total. The van der Waals surface area contributed by atoms with E-state index in [0.717, 1.165) is 12.8 Å². The van der Waals surface area contributed by atoms with Gasteiger partial charge in [0.2, 0.25) is 0 Å². The summed E-state index contributed by atoms with van der Waals surface area (Å²) in [5, 5.41) is 0.0841. The van der Waals surface area contributed by atoms with E-state index in [9.17, 15) is 27.6 Å². The Bertz CT molecular complexity index is 1130. The van der Waals surface area contributed by atoms with Crippen molar-refractivity contribution in [2.24, 2.45) is 7.05 Å². The van der Waals surface area contributed by atoms with E-state index in [1.54, 1.807) is 0 Å². The summed E-state index contributed by atoms with van der Waals surface area (Å²) in [6.07, 6.45) is -4.88. The summed E-state index contributed by atoms with van der Waals surface area (Å²) >= 11 is 11.0. The fourth-order valence-corrected chi connectivity index (χ4v) is 4.27. The van der Waals surface area contributed by atoms with Gasteiger partial charge in [0.25, 0.3) is 5.56 Å². The summed E-state index contributed by atoms with van der Waals surface area (Å²) in [6.45, 7) is 5.66. The predicted octanol–water partition coefficient (Wildman–Crippen LogP) is 4.24. The normalized spacial score (nSPS) is 12.5. The van der Waals surface area contributed by atoms with E-state index in [0.29, 0.717) is 15.2 Å². The second kappa shape index (κ2) is 10.1. The van der Waals surface area contributed by atoms with Crippen molar-refractivity contribution in [1.29, 1.82) is 0 Å². The molecule has 2 rings (SSSR count). The third-order valence-corrected chi connectivity index (χ3v) is 6.30. The molecule has 6 nitrogen and oxygen atoms in total. The van der Waals surface area contributed by atoms with Crippen LogP contribution in [0.4, 0.5) is 13.2 Å². The van der Waals surface area contributed by atoms with Crippen LogP contribution in [0.3, 0.4) is 0 Å². The summed E-state index contributed by atoms with van der Waals surface area (Å²) in [7, 11) is 0.902. The van der Waals surface area contributed by atoms with Gasteiger partial charge >= 0.3 is 17.8 Å². The van der Waals surface area contributed by atoms with Gasteiger partial charge in [-0.25, -0.2) is 14.2 Å². The van der Waals surface area contributed by atoms with Gasteiger partial charge in [0, 0.05) is 23.7 Å². The molecule has 0 saturated heterocycles. The van der Waals surface area contributed by atoms with Gasteiger partial charge in [-0.15, -0.1) is 11.8 Å². The number of alkyl halides is 4. The Morgan fingerprint density at radius 1 is 1.32 bits per heavy atom. The molecule has 1 atom stereocenters. The molecule has 2 aromatic rings. The number of carbonyl (C=O) groups excluding carboxylic acids is 1. The van der Waals surface area contributed by atoms with Crippen LogP contribution in [0.5, 0.6) is 0 Å². The molecule has 31 heavy (non-hydrogen) atoms. The van der Waals surface area contributed by atoms with Crippen molar-refractivity contribution in [2.75, 3.05) is 12.4 Å². The maximum atomic E-state index is 13.0. The molecule has 0 amide bonds. The molecule has 0 fully saturated rings. The zero-order valence-corrected chi connectivity index (χ0v) is 19.5. The van der Waals surface area contributed by atoms with Crippen molar-refractivity contribution in [2.45, 2.75) is 17.3 Å². The van der Waals surface area contributed by atoms with Gasteiger partial charge in [-0.1, -0.05) is 41.0 Å². The van der Waals surface area contributed by atoms with Crippen LogP contribution in [0.15, 0.2) is 40.4 Å². The van der Waals surface area contributed by atoms with Crippen LogP contribution >= 0.6 is 39.3 Å². The highest BCUT2D eigenvalue weighted by atomic mass is 79.9. The van der Waals surface area contributed by atoms with E-state index in [1.165, 1.54) is 30.0 Å². The van der Waals surface area contributed by atoms with Gasteiger partial charge in [0.1, 0.15) is 12.3 Å². The summed E-state index contributed by atoms with van der Waals surface area (Å²) < 4.78 is 45.0. The third-order valence-electron chi connectivity index (χ3n) is 4.08. The number of thioether (sulfide) groups is 1. The van der Waals surface area contributed by atoms with Crippen LogP contribution < -0.4 is 11.2 Å². The minimum Gasteiger partial charge on any atom is -0.460 e. The van der Waals surface area contributed by atoms with Crippen molar-refractivity contribution in [1.82, 2.24) is 9.13 Å². The maximum Gasteiger partial charge on any atom is 0.431 e. The lowest BCUT2D eigenvalue weighted by molar-refractivity contribution is -0.144. The molecule has 0 aliphatic heterocycles. The largest absolute Gasteiger partial charge is 0.460 e. The van der Waals surface area contributed by atoms with Gasteiger partial charge in [0.05, 0.1) is 15.4 Å². The van der Waals surface area contributed by atoms with Gasteiger partial charge in [0.15, 0.2) is 0 Å². The predicted molar refractivity (Wildman–Crippen MR) is 118 cm³/mol. The van der Waals surface area contributed by atoms with Gasteiger partial charge in [-0.2, -0.15) is 13.2 Å². The highest BCUT2D eigenvalue weighted by Crippen LogP contribution is 2.28. The van der Waals surface area contributed by atoms with Crippen molar-refractivity contribution < 1.29 is 22.7 Å². The molecule has 0 spiro atoms. The van der Waals surface area contributed by atoms with Crippen LogP contribution in [0, 0.1) is 0 Å². The smallest absolute Gasteiger partial charge is 0.431 e. The summed E-state index contributed by atoms with van der Waals surface area (Å²) in [6, 6.07) is 4.11. The number of halogens is 5. The first kappa shape index (κ1) is 25.3. The average Bonchev–Trinajstić information content (AvgIpc) is 2.69. The highest BCUT2D eigenvalue weighted by molar-refractivity contribution is 9.11. The quantitative estimate of drug-likeness (QED) is 0.298. The van der Waals surface area contributed by atoms with Crippen LogP contribution in [0.1, 0.15) is 18.2 Å². The number of aromatic nitrogens is 2. The molecule has 1 aromatic carbocycles. The Hall–Kier alpha value is -1.98. The summed E-state index contributed by atoms with van der Waals surface area (Å²) in [5.41, 5.74) is -3.91. The molecule has 1 heterocycles. The number of ether oxygens (including phenoxy) is 1. The molecule has 1 aromatic heterocycles. The van der Waals surface area contributed by atoms with Gasteiger partial charge in [-0.05, 0) is 24.0 Å². The lowest BCUT2D eigenvalue weighted by atomic mass is 10.1. The standard InChI is InChI=1S/C19H17BrClF3N2O4S/c1-4-31-15(20)9-30-17(28)10(2)12-7-11(5-6-13(12)21)26-16(27)8-14(19(22,23)24)25(3)18(26)29/h5-8,15H,2,4,9H2,1,3H3. The molecule has 0 aliphatic rings. The zero-order valence-electron chi connectivity index (χ0n) is 16.3. The molecular weight excluding hydrogens is 525 g/mol. The minimum atomic E-state index is -4.88. The fraction of sp³-hybridized carbons (Fsp3) is 0.316. The number of nitrogens with zero attached hydrogens (tertiary/aromatic N) is 2. The Morgan fingerprint density at radius 3 is 2.55 bits per heavy atom. The number of benzene rings is 1. The van der Waals surface area contributed by atoms with E-state index in [2.05, 4.69) is 22.5 Å². The SMILES string of the molecule is C=C(C(=O)OCC(Br)SCC)c1cc(-n2c(=O)cc(C(F)(F)F)n(C)c2=O)ccc1Cl. The minimum absolute atomic E-state index is 0.0621. The second-order valence-electron chi connectivity index (χ2n) is 6.15. The van der Waals surface area contributed by atoms with Crippen LogP contribution in [-0.4, -0.2) is 31.6 Å². The molecule has 12 heteroatoms. The highest BCUT2D eigenvalue weighted by Gasteiger charge is 2.35. The maximum absolute atomic E-state index is 13.0. The lowest BCUT2D eigenvalue weighted by Gasteiger charge is -2.15. The lowest BCUT2D eigenvalue weighted by Crippen LogP contribution is -2.40. The Morgan fingerprint density at radius 2 is 1.97 bits per heavy atom. The average molecular weight is 542 g/mol. The van der Waals surface area contributed by atoms with Crippen molar-refractivity contribution in [3.8, 4) is 5.69 Å². The molecule has 0 radical (unpaired) electrons. The van der Waals surface area contributed by atoms with Crippen LogP contribution in [0.25, 0.3) is 11.3 Å². The Kier molecular flexibility index (Phi) is 8.23. The monoisotopic (exact) mass is 540 g/mol. The van der Waals surface area contributed by atoms with Crippen LogP contribution in [-0.2, 0) is 22.8 Å². The molecular formula is C19H17BrClF3N2O4S. The van der Waals surface area contributed by atoms with Crippen molar-refractivity contribution in [3.63, 3.8) is 0 Å². The third kappa shape index (κ3) is 5.83. The summed E-state index contributed by atoms with van der Waals surface area (Å²) in [5.74, 6) is 0.0342. The number of esters is 1. The number of hydrogen-bond donors (Lipinski definition) is 0. The number of hydrogen-bond acceptors (Lipinski definition) is 5. The number of rotatable bonds is 7. The molecule has 168 valence electrons. The number of carbonyl (C=O) groups is 1. The molecule has 0 aliphatic carbocycles. The van der Waals surface area contributed by atoms with Gasteiger partial charge in [-0.3, -0.25) is 9.36 Å². The first-order valence-electron chi connectivity index (χ1n) is 8.70. The topological polar surface area (TPSA) is 70.3 Å². The van der Waals surface area contributed by atoms with Crippen molar-refractivity contribution in [3.05, 3.63) is 68.0 Å². The molecule has 0 saturated carbocycles. The first-order chi connectivity index (χ1) is 14.4. The Labute approximate surface area is 192 Å². The molecule has 0 bridgehead atoms. The van der Waals surface area contributed by atoms with Gasteiger partial charge < -0.3 is 4.74 Å². The molecule has 1 unspecified atom stereocenters. The summed E-state index contributed by atoms with van der Waals surface area (Å²) in [4.78, 5) is 37.1. The van der Waals surface area contributed by atoms with Crippen molar-refractivity contribution >= 4 is 50.8 Å². The Balaban J connectivity index is 2.45. The van der Waals surface area contributed by atoms with E-state index in [-0.39, 0.29) is 32.6 Å². The van der Waals surface area contributed by atoms with E-state index >= 15 is 0 Å². The second-order valence-corrected chi connectivity index (χ2v) is 9.75.